The van der Waals surface area contributed by atoms with Crippen molar-refractivity contribution in [2.45, 2.75) is 69.9 Å². The molecule has 0 amide bonds. The molecule has 2 nitrogen and oxygen atoms in total. The Balaban J connectivity index is 1.81. The molecule has 0 aromatic carbocycles. The molecule has 2 heteroatoms. The number of rotatable bonds is 5. The molecule has 88 valence electrons. The Morgan fingerprint density at radius 3 is 2.33 bits per heavy atom. The lowest BCUT2D eigenvalue weighted by atomic mass is 9.89. The van der Waals surface area contributed by atoms with E-state index in [-0.39, 0.29) is 5.54 Å². The monoisotopic (exact) mass is 210 g/mol. The third-order valence-electron chi connectivity index (χ3n) is 4.04. The lowest BCUT2D eigenvalue weighted by Gasteiger charge is -2.36. The summed E-state index contributed by atoms with van der Waals surface area (Å²) in [6.45, 7) is 3.11. The topological polar surface area (TPSA) is 38.0 Å². The average molecular weight is 210 g/mol. The van der Waals surface area contributed by atoms with E-state index in [4.69, 9.17) is 5.73 Å². The van der Waals surface area contributed by atoms with Crippen LogP contribution in [0.1, 0.15) is 58.3 Å². The lowest BCUT2D eigenvalue weighted by molar-refractivity contribution is 0.247. The molecule has 0 saturated heterocycles. The SMILES string of the molecule is CC(CN)(CC1CC1)NC1CCCCC1. The Morgan fingerprint density at radius 2 is 1.80 bits per heavy atom. The van der Waals surface area contributed by atoms with Crippen molar-refractivity contribution < 1.29 is 0 Å². The average Bonchev–Trinajstić information content (AvgIpc) is 3.03. The van der Waals surface area contributed by atoms with Gasteiger partial charge in [0.2, 0.25) is 0 Å². The van der Waals surface area contributed by atoms with Gasteiger partial charge in [-0.2, -0.15) is 0 Å². The third kappa shape index (κ3) is 3.46. The highest BCUT2D eigenvalue weighted by Crippen LogP contribution is 2.37. The number of nitrogens with two attached hydrogens (primary N) is 1. The predicted molar refractivity (Wildman–Crippen MR) is 64.8 cm³/mol. The normalized spacial score (nSPS) is 27.6. The Hall–Kier alpha value is -0.0800. The van der Waals surface area contributed by atoms with E-state index >= 15 is 0 Å². The van der Waals surface area contributed by atoms with Gasteiger partial charge in [-0.05, 0) is 32.1 Å². The second kappa shape index (κ2) is 4.84. The van der Waals surface area contributed by atoms with E-state index in [0.29, 0.717) is 0 Å². The van der Waals surface area contributed by atoms with Crippen LogP contribution in [0.3, 0.4) is 0 Å². The summed E-state index contributed by atoms with van der Waals surface area (Å²) in [7, 11) is 0. The molecule has 2 aliphatic carbocycles. The minimum Gasteiger partial charge on any atom is -0.329 e. The molecule has 2 saturated carbocycles. The second-order valence-corrected chi connectivity index (χ2v) is 5.89. The summed E-state index contributed by atoms with van der Waals surface area (Å²) >= 11 is 0. The standard InChI is InChI=1S/C13H26N2/c1-13(10-14,9-11-7-8-11)15-12-5-3-2-4-6-12/h11-12,15H,2-10,14H2,1H3. The molecular weight excluding hydrogens is 184 g/mol. The molecule has 0 aliphatic heterocycles. The first-order valence-corrected chi connectivity index (χ1v) is 6.70. The molecular formula is C13H26N2. The van der Waals surface area contributed by atoms with E-state index in [2.05, 4.69) is 12.2 Å². The van der Waals surface area contributed by atoms with Crippen LogP contribution in [-0.2, 0) is 0 Å². The van der Waals surface area contributed by atoms with Crippen molar-refractivity contribution in [2.24, 2.45) is 11.7 Å². The van der Waals surface area contributed by atoms with Crippen LogP contribution < -0.4 is 11.1 Å². The minimum atomic E-state index is 0.211. The molecule has 2 aliphatic rings. The van der Waals surface area contributed by atoms with Gasteiger partial charge in [0.15, 0.2) is 0 Å². The van der Waals surface area contributed by atoms with Gasteiger partial charge in [-0.1, -0.05) is 32.1 Å². The van der Waals surface area contributed by atoms with Crippen molar-refractivity contribution in [3.8, 4) is 0 Å². The highest BCUT2D eigenvalue weighted by Gasteiger charge is 2.33. The number of hydrogen-bond acceptors (Lipinski definition) is 2. The zero-order chi connectivity index (χ0) is 10.7. The van der Waals surface area contributed by atoms with Crippen LogP contribution in [0.25, 0.3) is 0 Å². The Labute approximate surface area is 94.0 Å². The van der Waals surface area contributed by atoms with Gasteiger partial charge in [-0.15, -0.1) is 0 Å². The Bertz CT molecular complexity index is 195. The van der Waals surface area contributed by atoms with Crippen LogP contribution in [0.15, 0.2) is 0 Å². The first-order valence-electron chi connectivity index (χ1n) is 6.70. The number of nitrogens with one attached hydrogen (secondary N) is 1. The van der Waals surface area contributed by atoms with E-state index in [9.17, 15) is 0 Å². The zero-order valence-corrected chi connectivity index (χ0v) is 10.1. The minimum absolute atomic E-state index is 0.211. The van der Waals surface area contributed by atoms with Crippen molar-refractivity contribution in [1.82, 2.24) is 5.32 Å². The van der Waals surface area contributed by atoms with Crippen LogP contribution in [0.2, 0.25) is 0 Å². The summed E-state index contributed by atoms with van der Waals surface area (Å²) in [5, 5.41) is 3.83. The van der Waals surface area contributed by atoms with Crippen molar-refractivity contribution in [2.75, 3.05) is 6.54 Å². The molecule has 0 heterocycles. The van der Waals surface area contributed by atoms with Gasteiger partial charge in [-0.25, -0.2) is 0 Å². The van der Waals surface area contributed by atoms with Crippen molar-refractivity contribution in [3.05, 3.63) is 0 Å². The molecule has 0 radical (unpaired) electrons. The molecule has 0 aromatic heterocycles. The zero-order valence-electron chi connectivity index (χ0n) is 10.1. The second-order valence-electron chi connectivity index (χ2n) is 5.89. The first kappa shape index (κ1) is 11.4. The van der Waals surface area contributed by atoms with Crippen molar-refractivity contribution in [1.29, 1.82) is 0 Å². The van der Waals surface area contributed by atoms with E-state index in [1.54, 1.807) is 0 Å². The van der Waals surface area contributed by atoms with Gasteiger partial charge >= 0.3 is 0 Å². The maximum Gasteiger partial charge on any atom is 0.0280 e. The van der Waals surface area contributed by atoms with Gasteiger partial charge in [0, 0.05) is 18.1 Å². The molecule has 2 rings (SSSR count). The van der Waals surface area contributed by atoms with Gasteiger partial charge < -0.3 is 11.1 Å². The summed E-state index contributed by atoms with van der Waals surface area (Å²) in [4.78, 5) is 0. The molecule has 0 spiro atoms. The highest BCUT2D eigenvalue weighted by atomic mass is 15.0. The van der Waals surface area contributed by atoms with E-state index < -0.39 is 0 Å². The molecule has 15 heavy (non-hydrogen) atoms. The Morgan fingerprint density at radius 1 is 1.13 bits per heavy atom. The highest BCUT2D eigenvalue weighted by molar-refractivity contribution is 4.93. The fourth-order valence-corrected chi connectivity index (χ4v) is 2.90. The van der Waals surface area contributed by atoms with Crippen molar-refractivity contribution >= 4 is 0 Å². The smallest absolute Gasteiger partial charge is 0.0280 e. The largest absolute Gasteiger partial charge is 0.329 e. The molecule has 1 atom stereocenters. The molecule has 3 N–H and O–H groups in total. The van der Waals surface area contributed by atoms with Crippen LogP contribution >= 0.6 is 0 Å². The maximum atomic E-state index is 5.94. The van der Waals surface area contributed by atoms with Gasteiger partial charge in [0.25, 0.3) is 0 Å². The van der Waals surface area contributed by atoms with E-state index in [1.165, 1.54) is 51.4 Å². The van der Waals surface area contributed by atoms with Gasteiger partial charge in [-0.3, -0.25) is 0 Å². The summed E-state index contributed by atoms with van der Waals surface area (Å²) in [6.07, 6.45) is 11.1. The Kier molecular flexibility index (Phi) is 3.68. The van der Waals surface area contributed by atoms with Crippen LogP contribution in [0.5, 0.6) is 0 Å². The summed E-state index contributed by atoms with van der Waals surface area (Å²) in [5.41, 5.74) is 6.15. The van der Waals surface area contributed by atoms with Crippen molar-refractivity contribution in [3.63, 3.8) is 0 Å². The van der Waals surface area contributed by atoms with Gasteiger partial charge in [0.05, 0.1) is 0 Å². The molecule has 2 fully saturated rings. The molecule has 1 unspecified atom stereocenters. The predicted octanol–water partition coefficient (Wildman–Crippen LogP) is 2.43. The van der Waals surface area contributed by atoms with E-state index in [0.717, 1.165) is 18.5 Å². The summed E-state index contributed by atoms with van der Waals surface area (Å²) < 4.78 is 0. The van der Waals surface area contributed by atoms with E-state index in [1.807, 2.05) is 0 Å². The molecule has 0 aromatic rings. The lowest BCUT2D eigenvalue weighted by Crippen LogP contribution is -2.53. The maximum absolute atomic E-state index is 5.94. The summed E-state index contributed by atoms with van der Waals surface area (Å²) in [5.74, 6) is 0.967. The fourth-order valence-electron chi connectivity index (χ4n) is 2.90. The summed E-state index contributed by atoms with van der Waals surface area (Å²) in [6, 6.07) is 0.742. The third-order valence-corrected chi connectivity index (χ3v) is 4.04. The quantitative estimate of drug-likeness (QED) is 0.731. The van der Waals surface area contributed by atoms with Gasteiger partial charge in [0.1, 0.15) is 0 Å². The first-order chi connectivity index (χ1) is 7.22. The number of hydrogen-bond donors (Lipinski definition) is 2. The van der Waals surface area contributed by atoms with Crippen LogP contribution in [0.4, 0.5) is 0 Å². The fraction of sp³-hybridized carbons (Fsp3) is 1.00. The molecule has 0 bridgehead atoms. The van der Waals surface area contributed by atoms with Crippen LogP contribution in [-0.4, -0.2) is 18.1 Å². The van der Waals surface area contributed by atoms with Crippen LogP contribution in [0, 0.1) is 5.92 Å².